The molecule has 4 saturated carbocycles. The zero-order valence-electron chi connectivity index (χ0n) is 22.6. The van der Waals surface area contributed by atoms with Crippen LogP contribution in [0.25, 0.3) is 0 Å². The number of carbonyl (C=O) groups is 2. The lowest BCUT2D eigenvalue weighted by Gasteiger charge is -2.62. The maximum atomic E-state index is 12.5. The Kier molecular flexibility index (Phi) is 7.40. The van der Waals surface area contributed by atoms with Crippen LogP contribution in [0.4, 0.5) is 0 Å². The molecular weight excluding hydrogens is 440 g/mol. The van der Waals surface area contributed by atoms with E-state index < -0.39 is 0 Å². The Hall–Kier alpha value is -0.940. The van der Waals surface area contributed by atoms with Crippen LogP contribution in [0.15, 0.2) is 0 Å². The van der Waals surface area contributed by atoms with Crippen molar-refractivity contribution in [3.8, 4) is 0 Å². The molecule has 35 heavy (non-hydrogen) atoms. The van der Waals surface area contributed by atoms with Gasteiger partial charge in [0.05, 0.1) is 13.2 Å². The lowest BCUT2D eigenvalue weighted by molar-refractivity contribution is -0.247. The van der Waals surface area contributed by atoms with Crippen LogP contribution in [0.1, 0.15) is 104 Å². The van der Waals surface area contributed by atoms with Crippen LogP contribution >= 0.6 is 0 Å². The molecule has 0 radical (unpaired) electrons. The van der Waals surface area contributed by atoms with Gasteiger partial charge < -0.3 is 14.2 Å². The van der Waals surface area contributed by atoms with Crippen LogP contribution in [0.5, 0.6) is 0 Å². The van der Waals surface area contributed by atoms with Gasteiger partial charge in [0.15, 0.2) is 6.29 Å². The molecule has 0 aromatic carbocycles. The molecule has 5 aliphatic rings. The smallest absolute Gasteiger partial charge is 0.305 e. The lowest BCUT2D eigenvalue weighted by Crippen LogP contribution is -2.59. The van der Waals surface area contributed by atoms with E-state index in [1.165, 1.54) is 39.2 Å². The summed E-state index contributed by atoms with van der Waals surface area (Å²) >= 11 is 0. The monoisotopic (exact) mass is 488 g/mol. The molecule has 0 aromatic rings. The third kappa shape index (κ3) is 4.62. The Bertz CT molecular complexity index is 790. The number of fused-ring (bicyclic) bond motifs is 5. The first-order chi connectivity index (χ1) is 16.8. The summed E-state index contributed by atoms with van der Waals surface area (Å²) in [7, 11) is 1.49. The van der Waals surface area contributed by atoms with E-state index in [1.54, 1.807) is 0 Å². The fourth-order valence-electron chi connectivity index (χ4n) is 9.77. The largest absolute Gasteiger partial charge is 0.469 e. The molecule has 0 aromatic heterocycles. The van der Waals surface area contributed by atoms with Crippen LogP contribution in [-0.2, 0) is 23.8 Å². The van der Waals surface area contributed by atoms with E-state index in [9.17, 15) is 9.59 Å². The van der Waals surface area contributed by atoms with E-state index in [-0.39, 0.29) is 23.8 Å². The molecule has 1 saturated heterocycles. The van der Waals surface area contributed by atoms with Gasteiger partial charge in [-0.15, -0.1) is 0 Å². The molecule has 1 unspecified atom stereocenters. The van der Waals surface area contributed by atoms with Crippen molar-refractivity contribution < 1.29 is 23.8 Å². The van der Waals surface area contributed by atoms with Crippen LogP contribution in [0.3, 0.4) is 0 Å². The second-order valence-corrected chi connectivity index (χ2v) is 13.3. The maximum Gasteiger partial charge on any atom is 0.305 e. The second-order valence-electron chi connectivity index (χ2n) is 13.3. The molecule has 4 aliphatic carbocycles. The number of Topliss-reactive ketones (excluding diaryl/α,β-unsaturated/α-hetero) is 1. The lowest BCUT2D eigenvalue weighted by atomic mass is 9.43. The number of esters is 1. The fourth-order valence-corrected chi connectivity index (χ4v) is 9.77. The van der Waals surface area contributed by atoms with Crippen molar-refractivity contribution in [1.82, 2.24) is 0 Å². The number of carbonyl (C=O) groups excluding carboxylic acids is 2. The molecule has 5 fully saturated rings. The predicted octanol–water partition coefficient (Wildman–Crippen LogP) is 6.33. The molecule has 1 heterocycles. The number of ketones is 1. The first-order valence-corrected chi connectivity index (χ1v) is 14.6. The van der Waals surface area contributed by atoms with Gasteiger partial charge in [0, 0.05) is 25.9 Å². The summed E-state index contributed by atoms with van der Waals surface area (Å²) in [6, 6.07) is 0. The van der Waals surface area contributed by atoms with Gasteiger partial charge in [-0.25, -0.2) is 0 Å². The Morgan fingerprint density at radius 3 is 2.63 bits per heavy atom. The maximum absolute atomic E-state index is 12.5. The Labute approximate surface area is 212 Å². The highest BCUT2D eigenvalue weighted by Crippen LogP contribution is 2.68. The van der Waals surface area contributed by atoms with Crippen LogP contribution < -0.4 is 0 Å². The van der Waals surface area contributed by atoms with E-state index in [2.05, 4.69) is 20.8 Å². The highest BCUT2D eigenvalue weighted by Gasteiger charge is 2.63. The third-order valence-electron chi connectivity index (χ3n) is 11.7. The van der Waals surface area contributed by atoms with E-state index in [4.69, 9.17) is 14.2 Å². The first kappa shape index (κ1) is 25.7. The topological polar surface area (TPSA) is 61.8 Å². The van der Waals surface area contributed by atoms with Crippen molar-refractivity contribution in [1.29, 1.82) is 0 Å². The number of hydrogen-bond donors (Lipinski definition) is 0. The van der Waals surface area contributed by atoms with Crippen molar-refractivity contribution in [2.24, 2.45) is 46.3 Å². The van der Waals surface area contributed by atoms with Gasteiger partial charge in [0.1, 0.15) is 5.78 Å². The summed E-state index contributed by atoms with van der Waals surface area (Å²) in [5.41, 5.74) is 0.571. The van der Waals surface area contributed by atoms with Gasteiger partial charge in [-0.2, -0.15) is 0 Å². The SMILES string of the molecule is COC(=O)CC[C@@H](C)[C@H]1CC[C@H]2[C@@H]3[C@H](OC4CCCCO4)C[C@@H]4CC(=O)CC[C@]4(C)[C@H]3CC[C@]12C. The highest BCUT2D eigenvalue weighted by molar-refractivity contribution is 5.79. The second kappa shape index (κ2) is 10.1. The molecule has 5 heteroatoms. The van der Waals surface area contributed by atoms with Crippen LogP contribution in [0, 0.1) is 46.3 Å². The van der Waals surface area contributed by atoms with Crippen molar-refractivity contribution >= 4 is 11.8 Å². The van der Waals surface area contributed by atoms with Crippen molar-refractivity contribution in [2.45, 2.75) is 117 Å². The average molecular weight is 489 g/mol. The third-order valence-corrected chi connectivity index (χ3v) is 11.7. The molecule has 5 nitrogen and oxygen atoms in total. The van der Waals surface area contributed by atoms with E-state index in [0.717, 1.165) is 51.6 Å². The first-order valence-electron chi connectivity index (χ1n) is 14.6. The number of ether oxygens (including phenoxy) is 3. The molecule has 198 valence electrons. The molecule has 0 amide bonds. The minimum atomic E-state index is -0.0840. The van der Waals surface area contributed by atoms with Gasteiger partial charge in [-0.3, -0.25) is 9.59 Å². The Balaban J connectivity index is 1.40. The van der Waals surface area contributed by atoms with Crippen molar-refractivity contribution in [2.75, 3.05) is 13.7 Å². The molecule has 0 bridgehead atoms. The predicted molar refractivity (Wildman–Crippen MR) is 134 cm³/mol. The highest BCUT2D eigenvalue weighted by atomic mass is 16.7. The quantitative estimate of drug-likeness (QED) is 0.323. The summed E-state index contributed by atoms with van der Waals surface area (Å²) in [5.74, 6) is 3.88. The van der Waals surface area contributed by atoms with Crippen molar-refractivity contribution in [3.05, 3.63) is 0 Å². The number of rotatable bonds is 6. The molecular formula is C30H48O5. The molecule has 10 atom stereocenters. The van der Waals surface area contributed by atoms with Gasteiger partial charge in [0.2, 0.25) is 0 Å². The van der Waals surface area contributed by atoms with E-state index >= 15 is 0 Å². The Morgan fingerprint density at radius 1 is 1.09 bits per heavy atom. The number of methoxy groups -OCH3 is 1. The standard InChI is InChI=1S/C30H48O5/c1-19(8-11-26(32)33-4)22-9-10-23-28-24(13-15-30(22,23)3)29(2)14-12-21(31)17-20(29)18-25(28)35-27-7-5-6-16-34-27/h19-20,22-25,27-28H,5-18H2,1-4H3/t19-,20+,22-,23+,24+,25-,27?,28+,29+,30-/m1/s1. The minimum Gasteiger partial charge on any atom is -0.469 e. The summed E-state index contributed by atoms with van der Waals surface area (Å²) in [6.07, 6.45) is 13.6. The van der Waals surface area contributed by atoms with Gasteiger partial charge in [-0.05, 0) is 111 Å². The van der Waals surface area contributed by atoms with E-state index in [0.29, 0.717) is 53.1 Å². The summed E-state index contributed by atoms with van der Waals surface area (Å²) in [6.45, 7) is 8.25. The van der Waals surface area contributed by atoms with Gasteiger partial charge >= 0.3 is 5.97 Å². The summed E-state index contributed by atoms with van der Waals surface area (Å²) in [5, 5.41) is 0. The van der Waals surface area contributed by atoms with Gasteiger partial charge in [-0.1, -0.05) is 20.8 Å². The molecule has 0 spiro atoms. The number of hydrogen-bond acceptors (Lipinski definition) is 5. The summed E-state index contributed by atoms with van der Waals surface area (Å²) < 4.78 is 17.9. The van der Waals surface area contributed by atoms with Gasteiger partial charge in [0.25, 0.3) is 0 Å². The summed E-state index contributed by atoms with van der Waals surface area (Å²) in [4.78, 5) is 24.3. The van der Waals surface area contributed by atoms with E-state index in [1.807, 2.05) is 0 Å². The normalized spacial score (nSPS) is 46.3. The van der Waals surface area contributed by atoms with Crippen LogP contribution in [0.2, 0.25) is 0 Å². The van der Waals surface area contributed by atoms with Crippen molar-refractivity contribution in [3.63, 3.8) is 0 Å². The molecule has 5 rings (SSSR count). The average Bonchev–Trinajstić information content (AvgIpc) is 3.21. The zero-order valence-corrected chi connectivity index (χ0v) is 22.6. The molecule has 0 N–H and O–H groups in total. The molecule has 1 aliphatic heterocycles. The minimum absolute atomic E-state index is 0.0672. The zero-order chi connectivity index (χ0) is 24.8. The van der Waals surface area contributed by atoms with Crippen LogP contribution in [-0.4, -0.2) is 37.9 Å². The fraction of sp³-hybridized carbons (Fsp3) is 0.933. The Morgan fingerprint density at radius 2 is 1.89 bits per heavy atom.